The zero-order chi connectivity index (χ0) is 27.1. The number of hydrogen-bond donors (Lipinski definition) is 0. The summed E-state index contributed by atoms with van der Waals surface area (Å²) in [6.45, 7) is 5.49. The molecule has 2 bridgehead atoms. The Morgan fingerprint density at radius 2 is 1.66 bits per heavy atom. The van der Waals surface area contributed by atoms with Crippen LogP contribution < -0.4 is 0 Å². The van der Waals surface area contributed by atoms with Gasteiger partial charge in [0.2, 0.25) is 5.91 Å². The lowest BCUT2D eigenvalue weighted by Gasteiger charge is -2.51. The van der Waals surface area contributed by atoms with Gasteiger partial charge in [-0.05, 0) is 90.9 Å². The molecule has 7 heteroatoms. The van der Waals surface area contributed by atoms with E-state index >= 15 is 0 Å². The van der Waals surface area contributed by atoms with Crippen molar-refractivity contribution in [3.63, 3.8) is 0 Å². The number of fused-ring (bicyclic) bond motifs is 2. The summed E-state index contributed by atoms with van der Waals surface area (Å²) in [4.78, 5) is 16.2. The molecule has 2 aromatic carbocycles. The van der Waals surface area contributed by atoms with Crippen molar-refractivity contribution in [2.24, 2.45) is 23.2 Å². The molecule has 5 rings (SSSR count). The van der Waals surface area contributed by atoms with Crippen LogP contribution >= 0.6 is 11.8 Å². The number of amides is 1. The summed E-state index contributed by atoms with van der Waals surface area (Å²) in [5.41, 5.74) is 0.217. The Morgan fingerprint density at radius 3 is 2.26 bits per heavy atom. The highest BCUT2D eigenvalue weighted by molar-refractivity contribution is 7.98. The lowest BCUT2D eigenvalue weighted by molar-refractivity contribution is -0.154. The highest BCUT2D eigenvalue weighted by Gasteiger charge is 2.47. The van der Waals surface area contributed by atoms with Crippen LogP contribution in [0.2, 0.25) is 0 Å². The highest BCUT2D eigenvalue weighted by Crippen LogP contribution is 2.55. The summed E-state index contributed by atoms with van der Waals surface area (Å²) in [7, 11) is 0. The first-order valence-corrected chi connectivity index (χ1v) is 15.0. The van der Waals surface area contributed by atoms with Crippen LogP contribution in [0.4, 0.5) is 13.2 Å². The number of ether oxygens (including phenoxy) is 1. The number of thioether (sulfide) groups is 1. The minimum atomic E-state index is -4.48. The molecular formula is C31H38F3NO2S. The number of halogens is 3. The smallest absolute Gasteiger partial charge is 0.362 e. The van der Waals surface area contributed by atoms with E-state index < -0.39 is 17.8 Å². The van der Waals surface area contributed by atoms with E-state index in [4.69, 9.17) is 4.74 Å². The van der Waals surface area contributed by atoms with Crippen LogP contribution in [-0.4, -0.2) is 36.3 Å². The molecule has 3 fully saturated rings. The van der Waals surface area contributed by atoms with E-state index in [2.05, 4.69) is 13.8 Å². The van der Waals surface area contributed by atoms with E-state index in [9.17, 15) is 18.0 Å². The summed E-state index contributed by atoms with van der Waals surface area (Å²) in [6.07, 6.45) is 2.86. The van der Waals surface area contributed by atoms with Crippen molar-refractivity contribution >= 4 is 17.7 Å². The van der Waals surface area contributed by atoms with Gasteiger partial charge in [-0.25, -0.2) is 0 Å². The maximum absolute atomic E-state index is 13.9. The molecule has 0 radical (unpaired) electrons. The first-order chi connectivity index (χ1) is 18.0. The standard InChI is InChI=1S/C31H38F3NO2S/c1-20-12-22-13-21(2)15-30(14-20,16-22)17-28(36)35-18-24(19-35)37-29(23-8-10-25(38-3)11-9-23)26-6-4-5-7-27(26)31(32,33)34/h4-11,20-22,24,29H,12-19H2,1-3H3. The zero-order valence-corrected chi connectivity index (χ0v) is 23.3. The van der Waals surface area contributed by atoms with Crippen LogP contribution in [0.3, 0.4) is 0 Å². The summed E-state index contributed by atoms with van der Waals surface area (Å²) in [5.74, 6) is 2.22. The van der Waals surface area contributed by atoms with Crippen LogP contribution in [0.1, 0.15) is 75.2 Å². The van der Waals surface area contributed by atoms with Gasteiger partial charge >= 0.3 is 6.18 Å². The van der Waals surface area contributed by atoms with Gasteiger partial charge in [0.1, 0.15) is 6.10 Å². The molecule has 206 valence electrons. The van der Waals surface area contributed by atoms with Crippen molar-refractivity contribution in [2.75, 3.05) is 19.3 Å². The number of alkyl halides is 3. The topological polar surface area (TPSA) is 29.5 Å². The molecule has 3 nitrogen and oxygen atoms in total. The Bertz CT molecular complexity index is 1110. The number of likely N-dealkylation sites (tertiary alicyclic amines) is 1. The highest BCUT2D eigenvalue weighted by atomic mass is 32.2. The van der Waals surface area contributed by atoms with E-state index in [1.165, 1.54) is 25.0 Å². The third-order valence-electron chi connectivity index (χ3n) is 8.78. The van der Waals surface area contributed by atoms with E-state index in [0.29, 0.717) is 36.9 Å². The lowest BCUT2D eigenvalue weighted by Crippen LogP contribution is -2.56. The van der Waals surface area contributed by atoms with Crippen LogP contribution in [0.5, 0.6) is 0 Å². The molecule has 2 saturated carbocycles. The molecule has 1 aliphatic heterocycles. The van der Waals surface area contributed by atoms with E-state index in [0.717, 1.165) is 36.1 Å². The molecule has 2 aliphatic carbocycles. The van der Waals surface area contributed by atoms with Gasteiger partial charge in [-0.15, -0.1) is 11.8 Å². The van der Waals surface area contributed by atoms with E-state index in [1.54, 1.807) is 17.8 Å². The lowest BCUT2D eigenvalue weighted by atomic mass is 9.55. The predicted octanol–water partition coefficient (Wildman–Crippen LogP) is 7.99. The van der Waals surface area contributed by atoms with Gasteiger partial charge in [-0.3, -0.25) is 4.79 Å². The van der Waals surface area contributed by atoms with Crippen molar-refractivity contribution in [3.8, 4) is 0 Å². The Morgan fingerprint density at radius 1 is 1.03 bits per heavy atom. The second-order valence-corrected chi connectivity index (χ2v) is 13.0. The summed E-state index contributed by atoms with van der Waals surface area (Å²) in [6, 6.07) is 13.1. The molecule has 0 aromatic heterocycles. The number of hydrogen-bond acceptors (Lipinski definition) is 3. The average Bonchev–Trinajstić information content (AvgIpc) is 2.81. The van der Waals surface area contributed by atoms with Gasteiger partial charge in [0, 0.05) is 24.4 Å². The molecule has 1 amide bonds. The fraction of sp³-hybridized carbons (Fsp3) is 0.581. The summed E-state index contributed by atoms with van der Waals surface area (Å²) < 4.78 is 48.1. The van der Waals surface area contributed by atoms with Crippen molar-refractivity contribution < 1.29 is 22.7 Å². The quantitative estimate of drug-likeness (QED) is 0.330. The molecule has 3 atom stereocenters. The molecule has 0 N–H and O–H groups in total. The largest absolute Gasteiger partial charge is 0.416 e. The molecule has 1 saturated heterocycles. The fourth-order valence-corrected chi connectivity index (χ4v) is 7.98. The van der Waals surface area contributed by atoms with Crippen molar-refractivity contribution in [1.29, 1.82) is 0 Å². The SMILES string of the molecule is CSc1ccc(C(OC2CN(C(=O)CC34CC(C)CC(CC(C)C3)C4)C2)c2ccccc2C(F)(F)F)cc1. The molecule has 1 heterocycles. The van der Waals surface area contributed by atoms with Gasteiger partial charge in [-0.2, -0.15) is 13.2 Å². The first kappa shape index (κ1) is 27.6. The Labute approximate surface area is 228 Å². The fourth-order valence-electron chi connectivity index (χ4n) is 7.57. The molecule has 0 spiro atoms. The zero-order valence-electron chi connectivity index (χ0n) is 22.5. The Kier molecular flexibility index (Phi) is 7.89. The number of carbonyl (C=O) groups is 1. The normalized spacial score (nSPS) is 28.6. The van der Waals surface area contributed by atoms with Gasteiger partial charge in [0.25, 0.3) is 0 Å². The molecular weight excluding hydrogens is 507 g/mol. The number of nitrogens with zero attached hydrogens (tertiary/aromatic N) is 1. The molecule has 38 heavy (non-hydrogen) atoms. The van der Waals surface area contributed by atoms with Crippen LogP contribution in [0.15, 0.2) is 53.4 Å². The third kappa shape index (κ3) is 5.94. The second kappa shape index (κ2) is 10.9. The molecule has 3 unspecified atom stereocenters. The van der Waals surface area contributed by atoms with Gasteiger partial charge in [0.05, 0.1) is 11.7 Å². The van der Waals surface area contributed by atoms with Crippen LogP contribution in [0, 0.1) is 23.2 Å². The number of carbonyl (C=O) groups excluding carboxylic acids is 1. The van der Waals surface area contributed by atoms with Crippen LogP contribution in [0.25, 0.3) is 0 Å². The van der Waals surface area contributed by atoms with E-state index in [1.807, 2.05) is 35.4 Å². The van der Waals surface area contributed by atoms with Crippen molar-refractivity contribution in [2.45, 2.75) is 75.7 Å². The van der Waals surface area contributed by atoms with Crippen molar-refractivity contribution in [1.82, 2.24) is 4.90 Å². The maximum atomic E-state index is 13.9. The van der Waals surface area contributed by atoms with Crippen molar-refractivity contribution in [3.05, 3.63) is 65.2 Å². The van der Waals surface area contributed by atoms with Gasteiger partial charge < -0.3 is 9.64 Å². The van der Waals surface area contributed by atoms with Gasteiger partial charge in [0.15, 0.2) is 0 Å². The summed E-state index contributed by atoms with van der Waals surface area (Å²) in [5, 5.41) is 0. The first-order valence-electron chi connectivity index (χ1n) is 13.8. The number of benzene rings is 2. The maximum Gasteiger partial charge on any atom is 0.416 e. The Balaban J connectivity index is 1.29. The Hall–Kier alpha value is -1.99. The monoisotopic (exact) mass is 545 g/mol. The predicted molar refractivity (Wildman–Crippen MR) is 145 cm³/mol. The number of rotatable bonds is 7. The molecule has 3 aliphatic rings. The minimum absolute atomic E-state index is 0.107. The van der Waals surface area contributed by atoms with Gasteiger partial charge in [-0.1, -0.05) is 44.2 Å². The summed E-state index contributed by atoms with van der Waals surface area (Å²) >= 11 is 1.58. The second-order valence-electron chi connectivity index (χ2n) is 12.1. The third-order valence-corrected chi connectivity index (χ3v) is 9.52. The van der Waals surface area contributed by atoms with Crippen LogP contribution in [-0.2, 0) is 15.7 Å². The minimum Gasteiger partial charge on any atom is -0.362 e. The average molecular weight is 546 g/mol. The van der Waals surface area contributed by atoms with E-state index in [-0.39, 0.29) is 23.0 Å². The molecule has 2 aromatic rings.